The molecule has 0 saturated heterocycles. The first-order valence-electron chi connectivity index (χ1n) is 31.3. The van der Waals surface area contributed by atoms with Crippen LogP contribution in [0.2, 0.25) is 0 Å². The van der Waals surface area contributed by atoms with Gasteiger partial charge in [0.1, 0.15) is 11.7 Å². The molecule has 8 heterocycles. The number of nitrogens with one attached hydrogen (secondary N) is 2. The Morgan fingerprint density at radius 2 is 1.02 bits per heavy atom. The molecule has 1 aliphatic carbocycles. The Labute approximate surface area is 515 Å². The highest BCUT2D eigenvalue weighted by molar-refractivity contribution is 6.27. The van der Waals surface area contributed by atoms with Gasteiger partial charge in [0.25, 0.3) is 0 Å². The van der Waals surface area contributed by atoms with Crippen molar-refractivity contribution in [1.82, 2.24) is 28.2 Å². The Balaban J connectivity index is 0.794. The molecule has 0 spiro atoms. The molecule has 0 bridgehead atoms. The van der Waals surface area contributed by atoms with Gasteiger partial charge in [0, 0.05) is 66.1 Å². The molecule has 4 aliphatic rings. The molecule has 2 N–H and O–H groups in total. The average Bonchev–Trinajstić information content (AvgIpc) is 1.54. The van der Waals surface area contributed by atoms with Crippen LogP contribution >= 0.6 is 0 Å². The first-order valence-corrected chi connectivity index (χ1v) is 31.3. The molecule has 8 nitrogen and oxygen atoms in total. The average molecular weight is 1150 g/mol. The maximum Gasteiger partial charge on any atom is 0.164 e. The topological polar surface area (TPSA) is 69.6 Å². The van der Waals surface area contributed by atoms with Gasteiger partial charge in [0.2, 0.25) is 0 Å². The predicted octanol–water partition coefficient (Wildman–Crippen LogP) is 18.6. The van der Waals surface area contributed by atoms with E-state index in [2.05, 4.69) is 302 Å². The van der Waals surface area contributed by atoms with Crippen LogP contribution in [0.1, 0.15) is 35.7 Å². The van der Waals surface area contributed by atoms with Crippen molar-refractivity contribution < 1.29 is 0 Å². The molecule has 17 aromatic rings. The van der Waals surface area contributed by atoms with Gasteiger partial charge >= 0.3 is 0 Å². The third-order valence-corrected chi connectivity index (χ3v) is 20.3. The summed E-state index contributed by atoms with van der Waals surface area (Å²) in [6.45, 7) is 0. The molecule has 21 rings (SSSR count). The zero-order valence-corrected chi connectivity index (χ0v) is 48.6. The van der Waals surface area contributed by atoms with Gasteiger partial charge < -0.3 is 24.3 Å². The number of anilines is 2. The summed E-state index contributed by atoms with van der Waals surface area (Å²) in [6.07, 6.45) is 3.32. The first kappa shape index (κ1) is 48.4. The molecule has 5 aromatic heterocycles. The monoisotopic (exact) mass is 1150 g/mol. The second-order valence-electron chi connectivity index (χ2n) is 24.8. The Hall–Kier alpha value is -11.7. The molecule has 90 heavy (non-hydrogen) atoms. The quantitative estimate of drug-likeness (QED) is 0.174. The summed E-state index contributed by atoms with van der Waals surface area (Å²) in [5.74, 6) is 0.115. The highest BCUT2D eigenvalue weighted by atomic mass is 15.3. The van der Waals surface area contributed by atoms with E-state index < -0.39 is 0 Å². The highest BCUT2D eigenvalue weighted by Gasteiger charge is 2.41. The number of rotatable bonds is 6. The third kappa shape index (κ3) is 6.48. The van der Waals surface area contributed by atoms with Gasteiger partial charge in [-0.05, 0) is 129 Å². The second-order valence-corrected chi connectivity index (χ2v) is 24.8. The van der Waals surface area contributed by atoms with E-state index >= 15 is 0 Å². The van der Waals surface area contributed by atoms with Crippen molar-refractivity contribution in [3.8, 4) is 55.9 Å². The second kappa shape index (κ2) is 17.9. The fourth-order valence-electron chi connectivity index (χ4n) is 16.6. The Morgan fingerprint density at radius 3 is 1.83 bits per heavy atom. The van der Waals surface area contributed by atoms with Crippen LogP contribution in [0.3, 0.4) is 0 Å². The molecule has 12 aromatic carbocycles. The van der Waals surface area contributed by atoms with Gasteiger partial charge in [-0.3, -0.25) is 4.57 Å². The molecular weight excluding hydrogens is 1100 g/mol. The van der Waals surface area contributed by atoms with E-state index in [1.807, 2.05) is 0 Å². The van der Waals surface area contributed by atoms with Gasteiger partial charge in [-0.1, -0.05) is 200 Å². The maximum absolute atomic E-state index is 5.65. The van der Waals surface area contributed by atoms with Crippen LogP contribution in [-0.2, 0) is 0 Å². The Bertz CT molecular complexity index is 6140. The summed E-state index contributed by atoms with van der Waals surface area (Å²) in [5.41, 5.74) is 28.5. The van der Waals surface area contributed by atoms with E-state index in [4.69, 9.17) is 9.97 Å². The van der Waals surface area contributed by atoms with Crippen LogP contribution < -0.4 is 21.2 Å². The number of fused-ring (bicyclic) bond motifs is 21. The number of hydrogen-bond acceptors (Lipinski definition) is 4. The molecule has 420 valence electrons. The highest BCUT2D eigenvalue weighted by Crippen LogP contribution is 2.54. The molecule has 0 radical (unpaired) electrons. The molecule has 3 unspecified atom stereocenters. The van der Waals surface area contributed by atoms with E-state index in [1.165, 1.54) is 93.0 Å². The first-order chi connectivity index (χ1) is 44.7. The zero-order chi connectivity index (χ0) is 58.4. The molecule has 0 fully saturated rings. The normalized spacial score (nSPS) is 16.1. The summed E-state index contributed by atoms with van der Waals surface area (Å²) in [6, 6.07) is 98.3. The summed E-state index contributed by atoms with van der Waals surface area (Å²) < 4.78 is 10.1. The zero-order valence-electron chi connectivity index (χ0n) is 48.6. The molecule has 3 aliphatic heterocycles. The largest absolute Gasteiger partial charge is 0.373 e. The smallest absolute Gasteiger partial charge is 0.164 e. The van der Waals surface area contributed by atoms with Crippen LogP contribution in [0, 0.1) is 0 Å². The van der Waals surface area contributed by atoms with Gasteiger partial charge in [-0.15, -0.1) is 0 Å². The molecule has 8 heteroatoms. The van der Waals surface area contributed by atoms with Crippen molar-refractivity contribution in [3.05, 3.63) is 289 Å². The Morgan fingerprint density at radius 1 is 0.378 bits per heavy atom. The van der Waals surface area contributed by atoms with Gasteiger partial charge in [0.15, 0.2) is 5.65 Å². The van der Waals surface area contributed by atoms with E-state index in [0.717, 1.165) is 95.7 Å². The Kier molecular flexibility index (Phi) is 9.64. The van der Waals surface area contributed by atoms with Crippen molar-refractivity contribution in [3.63, 3.8) is 0 Å². The minimum absolute atomic E-state index is 0.0203. The maximum atomic E-state index is 5.65. The summed E-state index contributed by atoms with van der Waals surface area (Å²) in [5, 5.41) is 17.8. The lowest BCUT2D eigenvalue weighted by atomic mass is 9.86. The van der Waals surface area contributed by atoms with Crippen molar-refractivity contribution in [1.29, 1.82) is 0 Å². The SMILES string of the molecule is C1=c2c(c3ccccc3n2-c2ccc(-c3ccccc3)cc2)=C2C(C1)c1ccc(-c3ccccc3-c3cc(-c4ccccc4)cc(-n4c5ccccc5c5c4ccc4c6cccc7c6n(c45)C4Nc5ccccc5NC74)c3)c3c4nc5ccccc5nc4n2c13. The van der Waals surface area contributed by atoms with Crippen LogP contribution in [0.4, 0.5) is 11.4 Å². The van der Waals surface area contributed by atoms with E-state index in [-0.39, 0.29) is 18.1 Å². The minimum Gasteiger partial charge on any atom is -0.373 e. The number of para-hydroxylation sites is 7. The van der Waals surface area contributed by atoms with Crippen LogP contribution in [0.25, 0.3) is 155 Å². The number of nitrogens with zero attached hydrogens (tertiary/aromatic N) is 6. The van der Waals surface area contributed by atoms with Crippen molar-refractivity contribution in [2.45, 2.75) is 24.5 Å². The molecular formula is C82H52N8. The van der Waals surface area contributed by atoms with Crippen molar-refractivity contribution in [2.24, 2.45) is 0 Å². The van der Waals surface area contributed by atoms with E-state index in [0.29, 0.717) is 0 Å². The van der Waals surface area contributed by atoms with Gasteiger partial charge in [-0.25, -0.2) is 9.97 Å². The van der Waals surface area contributed by atoms with Crippen LogP contribution in [0.5, 0.6) is 0 Å². The number of hydrogen-bond donors (Lipinski definition) is 2. The van der Waals surface area contributed by atoms with E-state index in [1.54, 1.807) is 0 Å². The summed E-state index contributed by atoms with van der Waals surface area (Å²) in [7, 11) is 0. The van der Waals surface area contributed by atoms with Gasteiger partial charge in [0.05, 0.1) is 66.9 Å². The lowest BCUT2D eigenvalue weighted by Gasteiger charge is -2.33. The predicted molar refractivity (Wildman–Crippen MR) is 370 cm³/mol. The van der Waals surface area contributed by atoms with Gasteiger partial charge in [-0.2, -0.15) is 0 Å². The lowest BCUT2D eigenvalue weighted by Crippen LogP contribution is -2.35. The third-order valence-electron chi connectivity index (χ3n) is 20.3. The van der Waals surface area contributed by atoms with Crippen molar-refractivity contribution >= 4 is 111 Å². The minimum atomic E-state index is -0.0203. The standard InChI is InChI=1S/C82H52N8/c1-3-18-47(19-4-1)49-34-36-52(37-35-49)87-68-32-15-9-24-61(68)72-70(87)42-41-60-58-39-38-56(74-76-82(90(79(60)72)80(58)74)86-67-31-14-12-29-65(67)84-76)55-23-8-7-22-54(55)51-44-50(48-20-5-2-6-21-48)45-53(46-51)88-69-33-16-10-25-62(69)73-71(88)43-40-59-57-26-17-27-63-75-81(89(77(57)63)78(59)73)85-66-30-13-11-28-64(66)83-75/h1-40,42-46,60,75,81,83,85H,41H2. The fraction of sp³-hybridized carbons (Fsp3) is 0.0488. The number of benzene rings is 12. The molecule has 0 amide bonds. The summed E-state index contributed by atoms with van der Waals surface area (Å²) >= 11 is 0. The van der Waals surface area contributed by atoms with Crippen molar-refractivity contribution in [2.75, 3.05) is 10.6 Å². The van der Waals surface area contributed by atoms with Crippen LogP contribution in [0.15, 0.2) is 267 Å². The van der Waals surface area contributed by atoms with Crippen LogP contribution in [-0.4, -0.2) is 28.2 Å². The lowest BCUT2D eigenvalue weighted by molar-refractivity contribution is 0.541. The van der Waals surface area contributed by atoms with E-state index in [9.17, 15) is 0 Å². The molecule has 3 atom stereocenters. The fourth-order valence-corrected chi connectivity index (χ4v) is 16.6. The summed E-state index contributed by atoms with van der Waals surface area (Å²) in [4.78, 5) is 11.3. The number of aromatic nitrogens is 6. The molecule has 0 saturated carbocycles.